The molecule has 3 heterocycles. The van der Waals surface area contributed by atoms with E-state index in [1.807, 2.05) is 24.3 Å². The Labute approximate surface area is 102 Å². The zero-order chi connectivity index (χ0) is 11.9. The molecule has 0 bridgehead atoms. The third-order valence-electron chi connectivity index (χ3n) is 2.89. The van der Waals surface area contributed by atoms with E-state index in [2.05, 4.69) is 19.9 Å². The van der Waals surface area contributed by atoms with Crippen LogP contribution in [0.25, 0.3) is 33.5 Å². The Morgan fingerprint density at radius 3 is 2.83 bits per heavy atom. The van der Waals surface area contributed by atoms with E-state index in [-0.39, 0.29) is 0 Å². The number of pyridine rings is 1. The van der Waals surface area contributed by atoms with E-state index in [1.165, 1.54) is 6.39 Å². The number of nitrogens with one attached hydrogen (secondary N) is 1. The predicted molar refractivity (Wildman–Crippen MR) is 66.9 cm³/mol. The van der Waals surface area contributed by atoms with Gasteiger partial charge in [-0.15, -0.1) is 0 Å². The van der Waals surface area contributed by atoms with Crippen LogP contribution in [-0.2, 0) is 0 Å². The summed E-state index contributed by atoms with van der Waals surface area (Å²) in [5.74, 6) is 0.819. The molecule has 5 heteroatoms. The van der Waals surface area contributed by atoms with Crippen molar-refractivity contribution in [1.29, 1.82) is 0 Å². The molecule has 0 aliphatic heterocycles. The molecule has 86 valence electrons. The molecule has 0 saturated carbocycles. The minimum Gasteiger partial charge on any atom is -0.443 e. The molecule has 1 aromatic carbocycles. The van der Waals surface area contributed by atoms with Gasteiger partial charge in [-0.2, -0.15) is 0 Å². The third-order valence-corrected chi connectivity index (χ3v) is 2.89. The summed E-state index contributed by atoms with van der Waals surface area (Å²) in [5.41, 5.74) is 4.39. The van der Waals surface area contributed by atoms with Gasteiger partial charge in [0.25, 0.3) is 0 Å². The summed E-state index contributed by atoms with van der Waals surface area (Å²) >= 11 is 0. The maximum atomic E-state index is 5.27. The van der Waals surface area contributed by atoms with Crippen LogP contribution in [0.4, 0.5) is 0 Å². The first-order valence-electron chi connectivity index (χ1n) is 5.53. The molecule has 5 nitrogen and oxygen atoms in total. The van der Waals surface area contributed by atoms with Crippen LogP contribution in [0.2, 0.25) is 0 Å². The number of fused-ring (bicyclic) bond motifs is 2. The van der Waals surface area contributed by atoms with Crippen molar-refractivity contribution in [1.82, 2.24) is 19.9 Å². The summed E-state index contributed by atoms with van der Waals surface area (Å²) in [6.45, 7) is 0. The first-order chi connectivity index (χ1) is 8.90. The third kappa shape index (κ3) is 1.31. The van der Waals surface area contributed by atoms with Gasteiger partial charge in [0.15, 0.2) is 12.0 Å². The van der Waals surface area contributed by atoms with Crippen molar-refractivity contribution in [2.75, 3.05) is 0 Å². The highest BCUT2D eigenvalue weighted by Gasteiger charge is 2.08. The van der Waals surface area contributed by atoms with Gasteiger partial charge in [0.05, 0.1) is 11.0 Å². The molecule has 3 aromatic heterocycles. The molecule has 0 spiro atoms. The minimum atomic E-state index is 0.746. The topological polar surface area (TPSA) is 67.6 Å². The number of nitrogens with zero attached hydrogens (tertiary/aromatic N) is 3. The van der Waals surface area contributed by atoms with Gasteiger partial charge in [-0.1, -0.05) is 0 Å². The number of aromatic nitrogens is 4. The number of benzene rings is 1. The van der Waals surface area contributed by atoms with Gasteiger partial charge in [-0.25, -0.2) is 9.97 Å². The van der Waals surface area contributed by atoms with Crippen LogP contribution in [0, 0.1) is 0 Å². The highest BCUT2D eigenvalue weighted by atomic mass is 16.3. The van der Waals surface area contributed by atoms with E-state index in [9.17, 15) is 0 Å². The normalized spacial score (nSPS) is 11.3. The summed E-state index contributed by atoms with van der Waals surface area (Å²) < 4.78 is 5.27. The average molecular weight is 236 g/mol. The maximum absolute atomic E-state index is 5.27. The van der Waals surface area contributed by atoms with E-state index in [4.69, 9.17) is 4.42 Å². The van der Waals surface area contributed by atoms with Crippen LogP contribution >= 0.6 is 0 Å². The van der Waals surface area contributed by atoms with Gasteiger partial charge in [0.2, 0.25) is 0 Å². The lowest BCUT2D eigenvalue weighted by Gasteiger charge is -1.92. The van der Waals surface area contributed by atoms with E-state index in [0.29, 0.717) is 0 Å². The van der Waals surface area contributed by atoms with Gasteiger partial charge in [0, 0.05) is 24.0 Å². The van der Waals surface area contributed by atoms with Gasteiger partial charge in [-0.3, -0.25) is 4.98 Å². The molecule has 0 fully saturated rings. The van der Waals surface area contributed by atoms with Gasteiger partial charge < -0.3 is 9.40 Å². The molecule has 0 amide bonds. The van der Waals surface area contributed by atoms with E-state index >= 15 is 0 Å². The fourth-order valence-electron chi connectivity index (χ4n) is 2.01. The summed E-state index contributed by atoms with van der Waals surface area (Å²) in [6.07, 6.45) is 4.93. The van der Waals surface area contributed by atoms with Crippen molar-refractivity contribution in [3.8, 4) is 11.4 Å². The molecular formula is C13H8N4O. The molecule has 4 rings (SSSR count). The van der Waals surface area contributed by atoms with Crippen LogP contribution in [0.1, 0.15) is 0 Å². The summed E-state index contributed by atoms with van der Waals surface area (Å²) in [4.78, 5) is 15.9. The van der Waals surface area contributed by atoms with Crippen molar-refractivity contribution in [2.24, 2.45) is 0 Å². The second kappa shape index (κ2) is 3.40. The Hall–Kier alpha value is -2.69. The van der Waals surface area contributed by atoms with Crippen LogP contribution in [0.3, 0.4) is 0 Å². The van der Waals surface area contributed by atoms with Crippen LogP contribution < -0.4 is 0 Å². The zero-order valence-corrected chi connectivity index (χ0v) is 9.29. The standard InChI is InChI=1S/C13H8N4O/c1-3-14-4-2-8(1)13-16-9-5-11-12(18-7-15-11)6-10(9)17-13/h1-7H,(H,16,17). The largest absolute Gasteiger partial charge is 0.443 e. The van der Waals surface area contributed by atoms with E-state index in [1.54, 1.807) is 12.4 Å². The molecule has 0 radical (unpaired) electrons. The van der Waals surface area contributed by atoms with Gasteiger partial charge >= 0.3 is 0 Å². The highest BCUT2D eigenvalue weighted by Crippen LogP contribution is 2.23. The van der Waals surface area contributed by atoms with Crippen molar-refractivity contribution < 1.29 is 4.42 Å². The van der Waals surface area contributed by atoms with Crippen molar-refractivity contribution in [2.45, 2.75) is 0 Å². The fourth-order valence-corrected chi connectivity index (χ4v) is 2.01. The molecular weight excluding hydrogens is 228 g/mol. The Kier molecular flexibility index (Phi) is 1.77. The molecule has 0 aliphatic rings. The van der Waals surface area contributed by atoms with Crippen LogP contribution in [0.5, 0.6) is 0 Å². The molecule has 0 aliphatic carbocycles. The van der Waals surface area contributed by atoms with Crippen molar-refractivity contribution in [3.05, 3.63) is 43.1 Å². The Balaban J connectivity index is 1.98. The summed E-state index contributed by atoms with van der Waals surface area (Å²) in [6, 6.07) is 7.66. The lowest BCUT2D eigenvalue weighted by atomic mass is 10.3. The molecule has 18 heavy (non-hydrogen) atoms. The molecule has 4 aromatic rings. The second-order valence-electron chi connectivity index (χ2n) is 4.01. The van der Waals surface area contributed by atoms with Crippen molar-refractivity contribution >= 4 is 22.1 Å². The summed E-state index contributed by atoms with van der Waals surface area (Å²) in [7, 11) is 0. The summed E-state index contributed by atoms with van der Waals surface area (Å²) in [5, 5.41) is 0. The number of rotatable bonds is 1. The highest BCUT2D eigenvalue weighted by molar-refractivity contribution is 5.91. The lowest BCUT2D eigenvalue weighted by molar-refractivity contribution is 0.602. The molecule has 0 atom stereocenters. The first-order valence-corrected chi connectivity index (χ1v) is 5.53. The second-order valence-corrected chi connectivity index (χ2v) is 4.01. The number of hydrogen-bond acceptors (Lipinski definition) is 4. The van der Waals surface area contributed by atoms with Crippen molar-refractivity contribution in [3.63, 3.8) is 0 Å². The first kappa shape index (κ1) is 9.35. The van der Waals surface area contributed by atoms with Gasteiger partial charge in [0.1, 0.15) is 11.3 Å². The number of imidazole rings is 1. The van der Waals surface area contributed by atoms with Crippen LogP contribution in [0.15, 0.2) is 47.5 Å². The number of H-pyrrole nitrogens is 1. The van der Waals surface area contributed by atoms with Gasteiger partial charge in [-0.05, 0) is 18.2 Å². The Morgan fingerprint density at radius 2 is 1.94 bits per heavy atom. The molecule has 1 N–H and O–H groups in total. The zero-order valence-electron chi connectivity index (χ0n) is 9.29. The maximum Gasteiger partial charge on any atom is 0.181 e. The molecule has 0 unspecified atom stereocenters. The lowest BCUT2D eigenvalue weighted by Crippen LogP contribution is -1.79. The predicted octanol–water partition coefficient (Wildman–Crippen LogP) is 2.77. The Bertz CT molecular complexity index is 784. The molecule has 0 saturated heterocycles. The number of aromatic amines is 1. The number of hydrogen-bond donors (Lipinski definition) is 1. The van der Waals surface area contributed by atoms with E-state index < -0.39 is 0 Å². The minimum absolute atomic E-state index is 0.746. The average Bonchev–Trinajstić information content (AvgIpc) is 3.01. The fraction of sp³-hybridized carbons (Fsp3) is 0. The monoisotopic (exact) mass is 236 g/mol. The smallest absolute Gasteiger partial charge is 0.181 e. The Morgan fingerprint density at radius 1 is 1.06 bits per heavy atom. The SMILES string of the molecule is c1cc(-c2nc3cc4ocnc4cc3[nH]2)ccn1. The quantitative estimate of drug-likeness (QED) is 0.551. The van der Waals surface area contributed by atoms with E-state index in [0.717, 1.165) is 33.5 Å². The van der Waals surface area contributed by atoms with Crippen LogP contribution in [-0.4, -0.2) is 19.9 Å². The number of oxazole rings is 1.